The maximum atomic E-state index is 13.1. The highest BCUT2D eigenvalue weighted by Crippen LogP contribution is 2.41. The molecule has 0 N–H and O–H groups in total. The van der Waals surface area contributed by atoms with Crippen molar-refractivity contribution in [3.8, 4) is 0 Å². The van der Waals surface area contributed by atoms with Crippen molar-refractivity contribution in [3.63, 3.8) is 0 Å². The lowest BCUT2D eigenvalue weighted by molar-refractivity contribution is -0.120. The van der Waals surface area contributed by atoms with Crippen LogP contribution in [0.3, 0.4) is 0 Å². The summed E-state index contributed by atoms with van der Waals surface area (Å²) >= 11 is 0. The van der Waals surface area contributed by atoms with Crippen LogP contribution < -0.4 is 4.90 Å². The van der Waals surface area contributed by atoms with E-state index < -0.39 is 0 Å². The molecule has 0 aliphatic carbocycles. The van der Waals surface area contributed by atoms with Gasteiger partial charge in [0.05, 0.1) is 5.92 Å². The minimum atomic E-state index is -0.320. The highest BCUT2D eigenvalue weighted by atomic mass is 19.1. The molecule has 1 fully saturated rings. The summed E-state index contributed by atoms with van der Waals surface area (Å²) in [6.07, 6.45) is 1.60. The zero-order valence-electron chi connectivity index (χ0n) is 17.7. The number of anilines is 1. The van der Waals surface area contributed by atoms with E-state index in [0.29, 0.717) is 12.1 Å². The van der Waals surface area contributed by atoms with Gasteiger partial charge in [-0.25, -0.2) is 4.39 Å². The quantitative estimate of drug-likeness (QED) is 0.661. The first-order chi connectivity index (χ1) is 14.5. The number of carbonyl (C=O) groups excluding carboxylic acids is 2. The van der Waals surface area contributed by atoms with Crippen LogP contribution in [0.4, 0.5) is 10.1 Å². The van der Waals surface area contributed by atoms with E-state index >= 15 is 0 Å². The highest BCUT2D eigenvalue weighted by molar-refractivity contribution is 6.05. The lowest BCUT2D eigenvalue weighted by Crippen LogP contribution is -2.42. The summed E-state index contributed by atoms with van der Waals surface area (Å²) in [4.78, 5) is 30.0. The molecule has 2 aromatic carbocycles. The molecule has 0 spiro atoms. The SMILES string of the molecule is CC(C)C1C(=O)N(CCN2CCC(C(=O)c3ccc(F)cc3)CC2)c2ccccc21. The molecule has 2 aromatic rings. The van der Waals surface area contributed by atoms with Gasteiger partial charge in [0.1, 0.15) is 5.82 Å². The highest BCUT2D eigenvalue weighted by Gasteiger charge is 2.38. The molecule has 0 saturated carbocycles. The van der Waals surface area contributed by atoms with Crippen molar-refractivity contribution in [1.82, 2.24) is 4.90 Å². The normalized spacial score (nSPS) is 20.1. The van der Waals surface area contributed by atoms with Crippen molar-refractivity contribution < 1.29 is 14.0 Å². The smallest absolute Gasteiger partial charge is 0.234 e. The predicted molar refractivity (Wildman–Crippen MR) is 116 cm³/mol. The number of piperidine rings is 1. The van der Waals surface area contributed by atoms with Crippen LogP contribution in [-0.2, 0) is 4.79 Å². The maximum Gasteiger partial charge on any atom is 0.234 e. The molecular weight excluding hydrogens is 379 g/mol. The number of nitrogens with zero attached hydrogens (tertiary/aromatic N) is 2. The van der Waals surface area contributed by atoms with Gasteiger partial charge in [0.2, 0.25) is 5.91 Å². The van der Waals surface area contributed by atoms with Crippen molar-refractivity contribution in [2.24, 2.45) is 11.8 Å². The first-order valence-corrected chi connectivity index (χ1v) is 10.9. The Morgan fingerprint density at radius 2 is 1.70 bits per heavy atom. The second kappa shape index (κ2) is 8.68. The van der Waals surface area contributed by atoms with Crippen molar-refractivity contribution in [2.45, 2.75) is 32.6 Å². The second-order valence-corrected chi connectivity index (χ2v) is 8.76. The van der Waals surface area contributed by atoms with Gasteiger partial charge < -0.3 is 9.80 Å². The fraction of sp³-hybridized carbons (Fsp3) is 0.440. The maximum absolute atomic E-state index is 13.1. The Morgan fingerprint density at radius 3 is 2.37 bits per heavy atom. The summed E-state index contributed by atoms with van der Waals surface area (Å²) in [6.45, 7) is 7.37. The molecule has 1 unspecified atom stereocenters. The molecular formula is C25H29FN2O2. The summed E-state index contributed by atoms with van der Waals surface area (Å²) in [5.41, 5.74) is 2.78. The average molecular weight is 409 g/mol. The van der Waals surface area contributed by atoms with Gasteiger partial charge >= 0.3 is 0 Å². The number of halogens is 1. The van der Waals surface area contributed by atoms with Crippen LogP contribution in [0.15, 0.2) is 48.5 Å². The Balaban J connectivity index is 1.33. The number of hydrogen-bond acceptors (Lipinski definition) is 3. The number of ketones is 1. The number of carbonyl (C=O) groups is 2. The Labute approximate surface area is 177 Å². The number of amides is 1. The van der Waals surface area contributed by atoms with E-state index in [2.05, 4.69) is 24.8 Å². The van der Waals surface area contributed by atoms with Gasteiger partial charge in [0.25, 0.3) is 0 Å². The first kappa shape index (κ1) is 20.7. The number of hydrogen-bond donors (Lipinski definition) is 0. The van der Waals surface area contributed by atoms with E-state index in [9.17, 15) is 14.0 Å². The molecule has 4 nitrogen and oxygen atoms in total. The molecule has 2 aliphatic heterocycles. The molecule has 5 heteroatoms. The van der Waals surface area contributed by atoms with Crippen molar-refractivity contribution in [2.75, 3.05) is 31.1 Å². The lowest BCUT2D eigenvalue weighted by atomic mass is 9.89. The molecule has 0 radical (unpaired) electrons. The number of likely N-dealkylation sites (tertiary alicyclic amines) is 1. The third-order valence-corrected chi connectivity index (χ3v) is 6.49. The van der Waals surface area contributed by atoms with Crippen LogP contribution in [-0.4, -0.2) is 42.8 Å². The number of fused-ring (bicyclic) bond motifs is 1. The van der Waals surface area contributed by atoms with Crippen LogP contribution in [0, 0.1) is 17.7 Å². The summed E-state index contributed by atoms with van der Waals surface area (Å²) in [7, 11) is 0. The van der Waals surface area contributed by atoms with Gasteiger partial charge in [0.15, 0.2) is 5.78 Å². The van der Waals surface area contributed by atoms with E-state index in [1.165, 1.54) is 12.1 Å². The van der Waals surface area contributed by atoms with Gasteiger partial charge in [-0.3, -0.25) is 9.59 Å². The summed E-state index contributed by atoms with van der Waals surface area (Å²) < 4.78 is 13.1. The van der Waals surface area contributed by atoms with Gasteiger partial charge in [-0.05, 0) is 67.7 Å². The fourth-order valence-corrected chi connectivity index (χ4v) is 4.80. The van der Waals surface area contributed by atoms with Crippen molar-refractivity contribution in [1.29, 1.82) is 0 Å². The monoisotopic (exact) mass is 408 g/mol. The number of para-hydroxylation sites is 1. The molecule has 1 amide bonds. The molecule has 1 atom stereocenters. The van der Waals surface area contributed by atoms with E-state index in [4.69, 9.17) is 0 Å². The van der Waals surface area contributed by atoms with Gasteiger partial charge in [-0.2, -0.15) is 0 Å². The Hall–Kier alpha value is -2.53. The van der Waals surface area contributed by atoms with E-state index in [-0.39, 0.29) is 35.3 Å². The molecule has 0 aromatic heterocycles. The van der Waals surface area contributed by atoms with E-state index in [0.717, 1.165) is 43.7 Å². The predicted octanol–water partition coefficient (Wildman–Crippen LogP) is 4.51. The van der Waals surface area contributed by atoms with Crippen molar-refractivity contribution in [3.05, 3.63) is 65.5 Å². The summed E-state index contributed by atoms with van der Waals surface area (Å²) in [5, 5.41) is 0. The second-order valence-electron chi connectivity index (χ2n) is 8.76. The van der Waals surface area contributed by atoms with Crippen LogP contribution in [0.25, 0.3) is 0 Å². The zero-order chi connectivity index (χ0) is 21.3. The molecule has 0 bridgehead atoms. The van der Waals surface area contributed by atoms with Crippen LogP contribution >= 0.6 is 0 Å². The zero-order valence-corrected chi connectivity index (χ0v) is 17.7. The minimum Gasteiger partial charge on any atom is -0.310 e. The third kappa shape index (κ3) is 4.04. The largest absolute Gasteiger partial charge is 0.310 e. The number of rotatable bonds is 6. The Morgan fingerprint density at radius 1 is 1.03 bits per heavy atom. The van der Waals surface area contributed by atoms with E-state index in [1.807, 2.05) is 23.1 Å². The van der Waals surface area contributed by atoms with Gasteiger partial charge in [-0.1, -0.05) is 32.0 Å². The van der Waals surface area contributed by atoms with Crippen LogP contribution in [0.2, 0.25) is 0 Å². The molecule has 4 rings (SSSR count). The fourth-order valence-electron chi connectivity index (χ4n) is 4.80. The third-order valence-electron chi connectivity index (χ3n) is 6.49. The molecule has 30 heavy (non-hydrogen) atoms. The molecule has 1 saturated heterocycles. The van der Waals surface area contributed by atoms with Crippen LogP contribution in [0.5, 0.6) is 0 Å². The Bertz CT molecular complexity index is 917. The first-order valence-electron chi connectivity index (χ1n) is 10.9. The van der Waals surface area contributed by atoms with Crippen LogP contribution in [0.1, 0.15) is 48.5 Å². The summed E-state index contributed by atoms with van der Waals surface area (Å²) in [5.74, 6) is 0.202. The molecule has 2 aliphatic rings. The number of benzene rings is 2. The van der Waals surface area contributed by atoms with Crippen molar-refractivity contribution >= 4 is 17.4 Å². The van der Waals surface area contributed by atoms with E-state index in [1.54, 1.807) is 12.1 Å². The molecule has 158 valence electrons. The lowest BCUT2D eigenvalue weighted by Gasteiger charge is -2.32. The topological polar surface area (TPSA) is 40.6 Å². The summed E-state index contributed by atoms with van der Waals surface area (Å²) in [6, 6.07) is 14.0. The standard InChI is InChI=1S/C25H29FN2O2/c1-17(2)23-21-5-3-4-6-22(21)28(25(23)30)16-15-27-13-11-19(12-14-27)24(29)18-7-9-20(26)10-8-18/h3-10,17,19,23H,11-16H2,1-2H3. The average Bonchev–Trinajstić information content (AvgIpc) is 3.04. The molecule has 2 heterocycles. The number of Topliss-reactive ketones (excluding diaryl/α,β-unsaturated/α-hetero) is 1. The van der Waals surface area contributed by atoms with Gasteiger partial charge in [-0.15, -0.1) is 0 Å². The van der Waals surface area contributed by atoms with Gasteiger partial charge in [0, 0.05) is 30.3 Å². The Kier molecular flexibility index (Phi) is 6.00. The minimum absolute atomic E-state index is 0.00817.